The number of amides is 1. The van der Waals surface area contributed by atoms with E-state index >= 15 is 0 Å². The average molecular weight is 263 g/mol. The molecule has 0 spiro atoms. The van der Waals surface area contributed by atoms with E-state index in [2.05, 4.69) is 10.3 Å². The first-order chi connectivity index (χ1) is 7.50. The Bertz CT molecular complexity index is 397. The molecule has 0 aliphatic carbocycles. The number of nitrogen functional groups attached to an aromatic ring is 1. The van der Waals surface area contributed by atoms with Gasteiger partial charge in [-0.3, -0.25) is 4.79 Å². The predicted molar refractivity (Wildman–Crippen MR) is 65.6 cm³/mol. The largest absolute Gasteiger partial charge is 0.382 e. The SMILES string of the molecule is NC(=O)CCCNc1nc(N)c(Cl)cc1Cl. The summed E-state index contributed by atoms with van der Waals surface area (Å²) in [6.07, 6.45) is 0.920. The Balaban J connectivity index is 2.54. The molecular formula is C9H12Cl2N4O. The number of rotatable bonds is 5. The lowest BCUT2D eigenvalue weighted by Crippen LogP contribution is -2.13. The van der Waals surface area contributed by atoms with E-state index in [-0.39, 0.29) is 11.7 Å². The highest BCUT2D eigenvalue weighted by Crippen LogP contribution is 2.27. The second-order valence-corrected chi connectivity index (χ2v) is 4.00. The second kappa shape index (κ2) is 5.77. The van der Waals surface area contributed by atoms with Crippen molar-refractivity contribution in [3.05, 3.63) is 16.1 Å². The second-order valence-electron chi connectivity index (χ2n) is 3.18. The smallest absolute Gasteiger partial charge is 0.217 e. The predicted octanol–water partition coefficient (Wildman–Crippen LogP) is 1.65. The number of anilines is 2. The van der Waals surface area contributed by atoms with Crippen LogP contribution in [0.4, 0.5) is 11.6 Å². The highest BCUT2D eigenvalue weighted by atomic mass is 35.5. The Labute approximate surface area is 103 Å². The van der Waals surface area contributed by atoms with Gasteiger partial charge in [0.2, 0.25) is 5.91 Å². The van der Waals surface area contributed by atoms with Crippen molar-refractivity contribution in [1.29, 1.82) is 0 Å². The molecule has 5 N–H and O–H groups in total. The van der Waals surface area contributed by atoms with Crippen LogP contribution in [0.1, 0.15) is 12.8 Å². The standard InChI is InChI=1S/C9H12Cl2N4O/c10-5-4-6(11)9(15-8(5)13)14-3-1-2-7(12)16/h4H,1-3H2,(H2,12,16)(H3,13,14,15). The van der Waals surface area contributed by atoms with Gasteiger partial charge < -0.3 is 16.8 Å². The molecule has 0 bridgehead atoms. The Morgan fingerprint density at radius 3 is 2.75 bits per heavy atom. The summed E-state index contributed by atoms with van der Waals surface area (Å²) in [7, 11) is 0. The summed E-state index contributed by atoms with van der Waals surface area (Å²) in [6.45, 7) is 0.538. The number of pyridine rings is 1. The zero-order valence-electron chi connectivity index (χ0n) is 8.46. The molecule has 0 saturated heterocycles. The molecule has 88 valence electrons. The number of aromatic nitrogens is 1. The van der Waals surface area contributed by atoms with Gasteiger partial charge in [-0.1, -0.05) is 23.2 Å². The topological polar surface area (TPSA) is 94.0 Å². The fraction of sp³-hybridized carbons (Fsp3) is 0.333. The molecule has 0 radical (unpaired) electrons. The molecule has 0 fully saturated rings. The van der Waals surface area contributed by atoms with Gasteiger partial charge in [0.1, 0.15) is 11.6 Å². The lowest BCUT2D eigenvalue weighted by Gasteiger charge is -2.08. The monoisotopic (exact) mass is 262 g/mol. The molecule has 1 aromatic heterocycles. The van der Waals surface area contributed by atoms with Crippen LogP contribution >= 0.6 is 23.2 Å². The quantitative estimate of drug-likeness (QED) is 0.704. The number of halogens is 2. The van der Waals surface area contributed by atoms with Crippen molar-refractivity contribution in [2.75, 3.05) is 17.6 Å². The number of primary amides is 1. The molecule has 7 heteroatoms. The van der Waals surface area contributed by atoms with E-state index in [9.17, 15) is 4.79 Å². The minimum absolute atomic E-state index is 0.212. The molecule has 0 aliphatic rings. The van der Waals surface area contributed by atoms with Gasteiger partial charge in [0, 0.05) is 13.0 Å². The lowest BCUT2D eigenvalue weighted by molar-refractivity contribution is -0.118. The van der Waals surface area contributed by atoms with Gasteiger partial charge in [-0.2, -0.15) is 0 Å². The van der Waals surface area contributed by atoms with Crippen LogP contribution in [0, 0.1) is 0 Å². The highest BCUT2D eigenvalue weighted by Gasteiger charge is 2.06. The third-order valence-corrected chi connectivity index (χ3v) is 2.44. The van der Waals surface area contributed by atoms with Crippen molar-refractivity contribution >= 4 is 40.7 Å². The molecule has 0 atom stereocenters. The maximum Gasteiger partial charge on any atom is 0.217 e. The van der Waals surface area contributed by atoms with E-state index in [0.29, 0.717) is 35.2 Å². The number of nitrogens with zero attached hydrogens (tertiary/aromatic N) is 1. The summed E-state index contributed by atoms with van der Waals surface area (Å²) < 4.78 is 0. The van der Waals surface area contributed by atoms with E-state index in [0.717, 1.165) is 0 Å². The van der Waals surface area contributed by atoms with Crippen LogP contribution in [0.5, 0.6) is 0 Å². The Morgan fingerprint density at radius 2 is 2.12 bits per heavy atom. The molecule has 1 amide bonds. The first kappa shape index (κ1) is 12.9. The molecule has 1 heterocycles. The van der Waals surface area contributed by atoms with Crippen LogP contribution in [-0.2, 0) is 4.79 Å². The van der Waals surface area contributed by atoms with Crippen LogP contribution in [0.25, 0.3) is 0 Å². The normalized spacial score (nSPS) is 10.1. The van der Waals surface area contributed by atoms with Gasteiger partial charge in [0.05, 0.1) is 10.0 Å². The van der Waals surface area contributed by atoms with Crippen molar-refractivity contribution in [3.8, 4) is 0 Å². The highest BCUT2D eigenvalue weighted by molar-refractivity contribution is 6.37. The molecule has 0 aliphatic heterocycles. The van der Waals surface area contributed by atoms with Crippen LogP contribution in [-0.4, -0.2) is 17.4 Å². The third kappa shape index (κ3) is 3.75. The average Bonchev–Trinajstić information content (AvgIpc) is 2.19. The summed E-state index contributed by atoms with van der Waals surface area (Å²) in [6, 6.07) is 1.52. The van der Waals surface area contributed by atoms with Crippen LogP contribution in [0.2, 0.25) is 10.0 Å². The molecule has 1 rings (SSSR count). The van der Waals surface area contributed by atoms with E-state index in [1.54, 1.807) is 0 Å². The van der Waals surface area contributed by atoms with Crippen LogP contribution in [0.3, 0.4) is 0 Å². The number of carbonyl (C=O) groups is 1. The molecule has 5 nitrogen and oxygen atoms in total. The number of nitrogens with two attached hydrogens (primary N) is 2. The first-order valence-electron chi connectivity index (χ1n) is 4.64. The summed E-state index contributed by atoms with van der Waals surface area (Å²) in [5.74, 6) is 0.327. The number of nitrogens with one attached hydrogen (secondary N) is 1. The van der Waals surface area contributed by atoms with Crippen molar-refractivity contribution in [2.45, 2.75) is 12.8 Å². The van der Waals surface area contributed by atoms with Gasteiger partial charge in [-0.25, -0.2) is 4.98 Å². The van der Waals surface area contributed by atoms with E-state index in [1.807, 2.05) is 0 Å². The molecule has 0 saturated carbocycles. The lowest BCUT2D eigenvalue weighted by atomic mass is 10.3. The number of carbonyl (C=O) groups excluding carboxylic acids is 1. The van der Waals surface area contributed by atoms with Crippen molar-refractivity contribution in [3.63, 3.8) is 0 Å². The van der Waals surface area contributed by atoms with Gasteiger partial charge in [0.15, 0.2) is 0 Å². The van der Waals surface area contributed by atoms with Gasteiger partial charge >= 0.3 is 0 Å². The fourth-order valence-electron chi connectivity index (χ4n) is 1.07. The minimum atomic E-state index is -0.337. The van der Waals surface area contributed by atoms with Gasteiger partial charge in [0.25, 0.3) is 0 Å². The summed E-state index contributed by atoms with van der Waals surface area (Å²) >= 11 is 11.6. The summed E-state index contributed by atoms with van der Waals surface area (Å²) in [5.41, 5.74) is 10.5. The zero-order valence-corrected chi connectivity index (χ0v) is 9.98. The van der Waals surface area contributed by atoms with E-state index in [1.165, 1.54) is 6.07 Å². The number of hydrogen-bond acceptors (Lipinski definition) is 4. The van der Waals surface area contributed by atoms with Gasteiger partial charge in [-0.05, 0) is 12.5 Å². The van der Waals surface area contributed by atoms with E-state index < -0.39 is 0 Å². The van der Waals surface area contributed by atoms with Crippen molar-refractivity contribution < 1.29 is 4.79 Å². The fourth-order valence-corrected chi connectivity index (χ4v) is 1.50. The van der Waals surface area contributed by atoms with Crippen molar-refractivity contribution in [1.82, 2.24) is 4.98 Å². The van der Waals surface area contributed by atoms with E-state index in [4.69, 9.17) is 34.7 Å². The van der Waals surface area contributed by atoms with Crippen molar-refractivity contribution in [2.24, 2.45) is 5.73 Å². The molecular weight excluding hydrogens is 251 g/mol. The Kier molecular flexibility index (Phi) is 4.64. The Morgan fingerprint density at radius 1 is 1.44 bits per heavy atom. The summed E-state index contributed by atoms with van der Waals surface area (Å²) in [4.78, 5) is 14.5. The summed E-state index contributed by atoms with van der Waals surface area (Å²) in [5, 5.41) is 3.65. The maximum absolute atomic E-state index is 10.5. The first-order valence-corrected chi connectivity index (χ1v) is 5.40. The number of hydrogen-bond donors (Lipinski definition) is 3. The third-order valence-electron chi connectivity index (χ3n) is 1.85. The molecule has 1 aromatic rings. The van der Waals surface area contributed by atoms with Crippen LogP contribution < -0.4 is 16.8 Å². The van der Waals surface area contributed by atoms with Crippen LogP contribution in [0.15, 0.2) is 6.07 Å². The minimum Gasteiger partial charge on any atom is -0.382 e. The molecule has 0 aromatic carbocycles. The van der Waals surface area contributed by atoms with Gasteiger partial charge in [-0.15, -0.1) is 0 Å². The zero-order chi connectivity index (χ0) is 12.1. The Hall–Kier alpha value is -1.20. The molecule has 16 heavy (non-hydrogen) atoms. The molecule has 0 unspecified atom stereocenters. The maximum atomic E-state index is 10.5.